The molecular formula is C45H25N5. The summed E-state index contributed by atoms with van der Waals surface area (Å²) in [5, 5.41) is 34.1. The minimum atomic E-state index is 0.311. The lowest BCUT2D eigenvalue weighted by atomic mass is 9.95. The van der Waals surface area contributed by atoms with Crippen molar-refractivity contribution in [1.82, 2.24) is 9.13 Å². The smallest absolute Gasteiger partial charge is 0.101 e. The van der Waals surface area contributed by atoms with Crippen LogP contribution >= 0.6 is 0 Å². The third-order valence-electron chi connectivity index (χ3n) is 9.65. The molecule has 0 aliphatic carbocycles. The topological polar surface area (TPSA) is 81.2 Å². The maximum Gasteiger partial charge on any atom is 0.101 e. The van der Waals surface area contributed by atoms with E-state index in [2.05, 4.69) is 124 Å². The quantitative estimate of drug-likeness (QED) is 0.193. The summed E-state index contributed by atoms with van der Waals surface area (Å²) in [5.74, 6) is 0. The Morgan fingerprint density at radius 1 is 0.380 bits per heavy atom. The molecule has 0 atom stereocenters. The molecule has 0 saturated heterocycles. The van der Waals surface area contributed by atoms with Crippen LogP contribution in [0.15, 0.2) is 152 Å². The monoisotopic (exact) mass is 635 g/mol. The van der Waals surface area contributed by atoms with Crippen LogP contribution in [0, 0.1) is 34.0 Å². The van der Waals surface area contributed by atoms with E-state index in [0.717, 1.165) is 55.4 Å². The molecule has 0 amide bonds. The van der Waals surface area contributed by atoms with Crippen molar-refractivity contribution in [1.29, 1.82) is 15.8 Å². The molecule has 230 valence electrons. The summed E-state index contributed by atoms with van der Waals surface area (Å²) >= 11 is 0. The van der Waals surface area contributed by atoms with Crippen molar-refractivity contribution in [2.75, 3.05) is 0 Å². The molecular weight excluding hydrogens is 611 g/mol. The second-order valence-electron chi connectivity index (χ2n) is 12.3. The van der Waals surface area contributed by atoms with E-state index in [1.165, 1.54) is 21.8 Å². The van der Waals surface area contributed by atoms with Gasteiger partial charge in [-0.15, -0.1) is 0 Å². The lowest BCUT2D eigenvalue weighted by Gasteiger charge is -2.16. The number of hydrogen-bond acceptors (Lipinski definition) is 3. The summed E-state index contributed by atoms with van der Waals surface area (Å²) in [5.41, 5.74) is 11.2. The number of nitriles is 3. The maximum absolute atomic E-state index is 10.0. The zero-order valence-corrected chi connectivity index (χ0v) is 26.7. The van der Waals surface area contributed by atoms with E-state index in [0.29, 0.717) is 16.7 Å². The van der Waals surface area contributed by atoms with Gasteiger partial charge in [0.25, 0.3) is 0 Å². The zero-order chi connectivity index (χ0) is 33.8. The van der Waals surface area contributed by atoms with Gasteiger partial charge in [-0.2, -0.15) is 15.8 Å². The first-order valence-corrected chi connectivity index (χ1v) is 16.3. The van der Waals surface area contributed by atoms with Gasteiger partial charge in [0.15, 0.2) is 0 Å². The van der Waals surface area contributed by atoms with Crippen molar-refractivity contribution in [3.63, 3.8) is 0 Å². The SMILES string of the molecule is N#Cc1ccc2c(c1)c1ccccc1n2-c1cc(C#N)c(C#N)cc1-c1ccc(-c2ccc(-n3c4ccccc4c4ccccc43)cc2)cc1. The Kier molecular flexibility index (Phi) is 6.56. The largest absolute Gasteiger partial charge is 0.309 e. The Hall–Kier alpha value is -7.39. The minimum absolute atomic E-state index is 0.311. The van der Waals surface area contributed by atoms with Gasteiger partial charge in [0.1, 0.15) is 12.1 Å². The van der Waals surface area contributed by atoms with Crippen LogP contribution in [0.5, 0.6) is 0 Å². The molecule has 0 spiro atoms. The fourth-order valence-electron chi connectivity index (χ4n) is 7.34. The highest BCUT2D eigenvalue weighted by Gasteiger charge is 2.19. The molecule has 0 bridgehead atoms. The molecule has 0 aliphatic rings. The standard InChI is InChI=1S/C45H25N5/c46-26-29-13-22-44-40(23-29)38-9-3-6-12-43(38)50(44)45-25-34(28-48)33(27-47)24-39(45)32-16-14-30(15-17-32)31-18-20-35(21-19-31)49-41-10-4-1-7-36(41)37-8-2-5-11-42(37)49/h1-25H. The molecule has 0 fully saturated rings. The number of rotatable bonds is 4. The molecule has 2 aromatic heterocycles. The first-order valence-electron chi connectivity index (χ1n) is 16.3. The van der Waals surface area contributed by atoms with Gasteiger partial charge in [-0.1, -0.05) is 91.0 Å². The molecule has 5 nitrogen and oxygen atoms in total. The second-order valence-corrected chi connectivity index (χ2v) is 12.3. The number of aromatic nitrogens is 2. The molecule has 2 heterocycles. The summed E-state index contributed by atoms with van der Waals surface area (Å²) < 4.78 is 4.44. The molecule has 5 heteroatoms. The molecule has 0 saturated carbocycles. The Morgan fingerprint density at radius 2 is 0.860 bits per heavy atom. The molecule has 0 N–H and O–H groups in total. The average Bonchev–Trinajstić information content (AvgIpc) is 3.70. The van der Waals surface area contributed by atoms with Gasteiger partial charge < -0.3 is 9.13 Å². The lowest BCUT2D eigenvalue weighted by Crippen LogP contribution is -2.00. The molecule has 0 aliphatic heterocycles. The fraction of sp³-hybridized carbons (Fsp3) is 0. The molecule has 0 unspecified atom stereocenters. The Bertz CT molecular complexity index is 2890. The summed E-state index contributed by atoms with van der Waals surface area (Å²) in [4.78, 5) is 0. The van der Waals surface area contributed by atoms with Crippen molar-refractivity contribution < 1.29 is 0 Å². The van der Waals surface area contributed by atoms with Crippen LogP contribution in [-0.2, 0) is 0 Å². The predicted molar refractivity (Wildman–Crippen MR) is 200 cm³/mol. The molecule has 50 heavy (non-hydrogen) atoms. The van der Waals surface area contributed by atoms with Crippen molar-refractivity contribution in [3.05, 3.63) is 168 Å². The highest BCUT2D eigenvalue weighted by molar-refractivity contribution is 6.11. The Morgan fingerprint density at radius 3 is 1.44 bits per heavy atom. The van der Waals surface area contributed by atoms with Crippen LogP contribution in [-0.4, -0.2) is 9.13 Å². The molecule has 7 aromatic carbocycles. The highest BCUT2D eigenvalue weighted by atomic mass is 15.0. The number of hydrogen-bond donors (Lipinski definition) is 0. The van der Waals surface area contributed by atoms with E-state index in [9.17, 15) is 15.8 Å². The van der Waals surface area contributed by atoms with E-state index in [1.54, 1.807) is 6.07 Å². The Labute approximate surface area is 287 Å². The van der Waals surface area contributed by atoms with Crippen LogP contribution in [0.3, 0.4) is 0 Å². The summed E-state index contributed by atoms with van der Waals surface area (Å²) in [6, 6.07) is 58.1. The van der Waals surface area contributed by atoms with Gasteiger partial charge >= 0.3 is 0 Å². The molecule has 9 aromatic rings. The summed E-state index contributed by atoms with van der Waals surface area (Å²) in [7, 11) is 0. The highest BCUT2D eigenvalue weighted by Crippen LogP contribution is 2.39. The van der Waals surface area contributed by atoms with E-state index in [4.69, 9.17) is 0 Å². The van der Waals surface area contributed by atoms with Crippen LogP contribution in [0.25, 0.3) is 77.2 Å². The van der Waals surface area contributed by atoms with Gasteiger partial charge in [-0.05, 0) is 77.4 Å². The minimum Gasteiger partial charge on any atom is -0.309 e. The summed E-state index contributed by atoms with van der Waals surface area (Å²) in [6.45, 7) is 0. The van der Waals surface area contributed by atoms with Crippen LogP contribution in [0.1, 0.15) is 16.7 Å². The third kappa shape index (κ3) is 4.38. The molecule has 9 rings (SSSR count). The van der Waals surface area contributed by atoms with E-state index >= 15 is 0 Å². The van der Waals surface area contributed by atoms with Crippen molar-refractivity contribution in [3.8, 4) is 51.8 Å². The summed E-state index contributed by atoms with van der Waals surface area (Å²) in [6.07, 6.45) is 0. The lowest BCUT2D eigenvalue weighted by molar-refractivity contribution is 1.17. The van der Waals surface area contributed by atoms with Gasteiger partial charge in [-0.25, -0.2) is 0 Å². The van der Waals surface area contributed by atoms with Gasteiger partial charge in [0.2, 0.25) is 0 Å². The molecule has 0 radical (unpaired) electrons. The zero-order valence-electron chi connectivity index (χ0n) is 26.7. The van der Waals surface area contributed by atoms with Crippen LogP contribution in [0.2, 0.25) is 0 Å². The third-order valence-corrected chi connectivity index (χ3v) is 9.65. The van der Waals surface area contributed by atoms with Crippen molar-refractivity contribution >= 4 is 43.6 Å². The average molecular weight is 636 g/mol. The number of fused-ring (bicyclic) bond motifs is 6. The number of nitrogens with zero attached hydrogens (tertiary/aromatic N) is 5. The van der Waals surface area contributed by atoms with E-state index in [-0.39, 0.29) is 0 Å². The Balaban J connectivity index is 1.15. The van der Waals surface area contributed by atoms with Crippen molar-refractivity contribution in [2.24, 2.45) is 0 Å². The normalized spacial score (nSPS) is 11.1. The first kappa shape index (κ1) is 28.8. The van der Waals surface area contributed by atoms with Crippen molar-refractivity contribution in [2.45, 2.75) is 0 Å². The first-order chi connectivity index (χ1) is 24.7. The van der Waals surface area contributed by atoms with E-state index in [1.807, 2.05) is 48.5 Å². The van der Waals surface area contributed by atoms with Gasteiger partial charge in [-0.3, -0.25) is 0 Å². The number of benzene rings is 7. The van der Waals surface area contributed by atoms with Gasteiger partial charge in [0, 0.05) is 32.8 Å². The predicted octanol–water partition coefficient (Wildman–Crippen LogP) is 10.8. The fourth-order valence-corrected chi connectivity index (χ4v) is 7.34. The van der Waals surface area contributed by atoms with Gasteiger partial charge in [0.05, 0.1) is 50.5 Å². The second kappa shape index (κ2) is 11.4. The number of para-hydroxylation sites is 3. The van der Waals surface area contributed by atoms with Crippen LogP contribution < -0.4 is 0 Å². The van der Waals surface area contributed by atoms with E-state index < -0.39 is 0 Å². The maximum atomic E-state index is 10.0. The van der Waals surface area contributed by atoms with Crippen LogP contribution in [0.4, 0.5) is 0 Å².